The van der Waals surface area contributed by atoms with Gasteiger partial charge in [-0.25, -0.2) is 9.37 Å². The van der Waals surface area contributed by atoms with Crippen LogP contribution in [0.5, 0.6) is 0 Å². The van der Waals surface area contributed by atoms with Gasteiger partial charge in [0.2, 0.25) is 0 Å². The number of ether oxygens (including phenoxy) is 1. The molecule has 1 fully saturated rings. The highest BCUT2D eigenvalue weighted by molar-refractivity contribution is 5.34. The van der Waals surface area contributed by atoms with Crippen molar-refractivity contribution in [3.63, 3.8) is 0 Å². The van der Waals surface area contributed by atoms with Crippen LogP contribution in [0.25, 0.3) is 0 Å². The second kappa shape index (κ2) is 7.51. The molecule has 1 saturated heterocycles. The lowest BCUT2D eigenvalue weighted by molar-refractivity contribution is 0.133. The molecule has 0 saturated carbocycles. The molecule has 0 spiro atoms. The molecule has 2 aromatic rings. The first-order valence-electron chi connectivity index (χ1n) is 8.04. The average Bonchev–Trinajstić information content (AvgIpc) is 3.06. The largest absolute Gasteiger partial charge is 0.377 e. The highest BCUT2D eigenvalue weighted by atomic mass is 19.1. The summed E-state index contributed by atoms with van der Waals surface area (Å²) in [4.78, 5) is 6.81. The summed E-state index contributed by atoms with van der Waals surface area (Å²) in [6, 6.07) is 6.73. The second-order valence-corrected chi connectivity index (χ2v) is 5.98. The Balaban J connectivity index is 1.78. The first kappa shape index (κ1) is 16.6. The Morgan fingerprint density at radius 3 is 3.12 bits per heavy atom. The molecule has 1 aliphatic rings. The second-order valence-electron chi connectivity index (χ2n) is 5.98. The number of nitrogens with one attached hydrogen (secondary N) is 1. The Hall–Kier alpha value is -2.30. The summed E-state index contributed by atoms with van der Waals surface area (Å²) in [5.74, 6) is 1.01. The van der Waals surface area contributed by atoms with Crippen LogP contribution in [0.3, 0.4) is 0 Å². The van der Waals surface area contributed by atoms with Crippen LogP contribution in [-0.2, 0) is 17.9 Å². The predicted molar refractivity (Wildman–Crippen MR) is 85.2 cm³/mol. The summed E-state index contributed by atoms with van der Waals surface area (Å²) < 4.78 is 18.6. The summed E-state index contributed by atoms with van der Waals surface area (Å²) >= 11 is 0. The minimum Gasteiger partial charge on any atom is -0.377 e. The van der Waals surface area contributed by atoms with Crippen LogP contribution in [0.4, 0.5) is 4.39 Å². The van der Waals surface area contributed by atoms with E-state index in [1.54, 1.807) is 19.2 Å². The molecule has 0 aliphatic carbocycles. The standard InChI is InChI=1S/C17H20FN5O/c1-24-11-16-20-17(22-21-16)15-4-2-3-7-23(15)10-12-5-6-14(18)13(8-12)9-19/h5-6,8,15H,2-4,7,10-11H2,1H3,(H,20,21,22). The van der Waals surface area contributed by atoms with Gasteiger partial charge in [0, 0.05) is 13.7 Å². The van der Waals surface area contributed by atoms with Crippen molar-refractivity contribution >= 4 is 0 Å². The summed E-state index contributed by atoms with van der Waals surface area (Å²) in [5.41, 5.74) is 1.01. The number of benzene rings is 1. The first-order valence-corrected chi connectivity index (χ1v) is 8.04. The lowest BCUT2D eigenvalue weighted by atomic mass is 10.00. The van der Waals surface area contributed by atoms with E-state index in [1.165, 1.54) is 6.07 Å². The topological polar surface area (TPSA) is 77.8 Å². The van der Waals surface area contributed by atoms with E-state index in [0.29, 0.717) is 19.0 Å². The van der Waals surface area contributed by atoms with Gasteiger partial charge in [-0.15, -0.1) is 0 Å². The number of aromatic nitrogens is 3. The highest BCUT2D eigenvalue weighted by Gasteiger charge is 2.27. The Morgan fingerprint density at radius 1 is 1.46 bits per heavy atom. The minimum absolute atomic E-state index is 0.0846. The summed E-state index contributed by atoms with van der Waals surface area (Å²) in [6.07, 6.45) is 3.22. The molecule has 0 radical (unpaired) electrons. The van der Waals surface area contributed by atoms with Gasteiger partial charge in [-0.3, -0.25) is 10.00 Å². The molecule has 7 heteroatoms. The maximum absolute atomic E-state index is 13.5. The van der Waals surface area contributed by atoms with E-state index in [4.69, 9.17) is 10.00 Å². The summed E-state index contributed by atoms with van der Waals surface area (Å²) in [5, 5.41) is 16.2. The fourth-order valence-electron chi connectivity index (χ4n) is 3.12. The Kier molecular flexibility index (Phi) is 5.18. The zero-order valence-corrected chi connectivity index (χ0v) is 13.6. The Morgan fingerprint density at radius 2 is 2.33 bits per heavy atom. The zero-order chi connectivity index (χ0) is 16.9. The van der Waals surface area contributed by atoms with Crippen molar-refractivity contribution in [1.29, 1.82) is 5.26 Å². The number of hydrogen-bond acceptors (Lipinski definition) is 5. The maximum atomic E-state index is 13.5. The lowest BCUT2D eigenvalue weighted by Gasteiger charge is -2.34. The van der Waals surface area contributed by atoms with Crippen LogP contribution in [0.15, 0.2) is 18.2 Å². The van der Waals surface area contributed by atoms with Gasteiger partial charge < -0.3 is 4.74 Å². The molecule has 1 unspecified atom stereocenters. The fourth-order valence-corrected chi connectivity index (χ4v) is 3.12. The normalized spacial score (nSPS) is 18.5. The van der Waals surface area contributed by atoms with Crippen molar-refractivity contribution in [2.24, 2.45) is 0 Å². The number of likely N-dealkylation sites (tertiary alicyclic amines) is 1. The fraction of sp³-hybridized carbons (Fsp3) is 0.471. The van der Waals surface area contributed by atoms with Gasteiger partial charge in [0.1, 0.15) is 18.5 Å². The number of piperidine rings is 1. The van der Waals surface area contributed by atoms with Crippen molar-refractivity contribution in [2.45, 2.75) is 38.5 Å². The maximum Gasteiger partial charge on any atom is 0.167 e. The molecule has 1 aliphatic heterocycles. The SMILES string of the molecule is COCc1nc(C2CCCCN2Cc2ccc(F)c(C#N)c2)n[nH]1. The number of halogens is 1. The van der Waals surface area contributed by atoms with E-state index in [2.05, 4.69) is 20.1 Å². The van der Waals surface area contributed by atoms with Gasteiger partial charge in [0.15, 0.2) is 11.6 Å². The number of aromatic amines is 1. The van der Waals surface area contributed by atoms with Crippen LogP contribution < -0.4 is 0 Å². The van der Waals surface area contributed by atoms with E-state index in [1.807, 2.05) is 6.07 Å². The molecule has 0 bridgehead atoms. The third-order valence-electron chi connectivity index (χ3n) is 4.28. The van der Waals surface area contributed by atoms with E-state index in [-0.39, 0.29) is 11.6 Å². The number of rotatable bonds is 5. The number of hydrogen-bond donors (Lipinski definition) is 1. The van der Waals surface area contributed by atoms with Crippen LogP contribution in [-0.4, -0.2) is 33.7 Å². The molecule has 1 N–H and O–H groups in total. The van der Waals surface area contributed by atoms with Gasteiger partial charge >= 0.3 is 0 Å². The molecule has 3 rings (SSSR count). The molecule has 1 atom stereocenters. The van der Waals surface area contributed by atoms with E-state index in [9.17, 15) is 4.39 Å². The minimum atomic E-state index is -0.477. The molecular formula is C17H20FN5O. The van der Waals surface area contributed by atoms with Crippen LogP contribution in [0.2, 0.25) is 0 Å². The van der Waals surface area contributed by atoms with Crippen molar-refractivity contribution in [3.05, 3.63) is 46.8 Å². The molecule has 24 heavy (non-hydrogen) atoms. The molecule has 6 nitrogen and oxygen atoms in total. The van der Waals surface area contributed by atoms with Crippen molar-refractivity contribution < 1.29 is 9.13 Å². The van der Waals surface area contributed by atoms with Gasteiger partial charge in [-0.2, -0.15) is 10.4 Å². The smallest absolute Gasteiger partial charge is 0.167 e. The van der Waals surface area contributed by atoms with Crippen LogP contribution in [0.1, 0.15) is 48.1 Å². The van der Waals surface area contributed by atoms with Crippen molar-refractivity contribution in [3.8, 4) is 6.07 Å². The third-order valence-corrected chi connectivity index (χ3v) is 4.28. The summed E-state index contributed by atoms with van der Waals surface area (Å²) in [6.45, 7) is 1.98. The number of nitriles is 1. The number of nitrogens with zero attached hydrogens (tertiary/aromatic N) is 4. The lowest BCUT2D eigenvalue weighted by Crippen LogP contribution is -2.33. The quantitative estimate of drug-likeness (QED) is 0.912. The number of methoxy groups -OCH3 is 1. The van der Waals surface area contributed by atoms with Crippen molar-refractivity contribution in [2.75, 3.05) is 13.7 Å². The highest BCUT2D eigenvalue weighted by Crippen LogP contribution is 2.30. The number of H-pyrrole nitrogens is 1. The monoisotopic (exact) mass is 329 g/mol. The average molecular weight is 329 g/mol. The van der Waals surface area contributed by atoms with Gasteiger partial charge in [-0.1, -0.05) is 12.5 Å². The zero-order valence-electron chi connectivity index (χ0n) is 13.6. The van der Waals surface area contributed by atoms with Crippen molar-refractivity contribution in [1.82, 2.24) is 20.1 Å². The van der Waals surface area contributed by atoms with Crippen LogP contribution in [0, 0.1) is 17.1 Å². The molecule has 1 aromatic heterocycles. The molecule has 2 heterocycles. The van der Waals surface area contributed by atoms with E-state index in [0.717, 1.165) is 37.2 Å². The predicted octanol–water partition coefficient (Wildman–Crippen LogP) is 2.69. The molecule has 1 aromatic carbocycles. The van der Waals surface area contributed by atoms with Gasteiger partial charge in [0.25, 0.3) is 0 Å². The van der Waals surface area contributed by atoms with Gasteiger partial charge in [-0.05, 0) is 37.1 Å². The molecular weight excluding hydrogens is 309 g/mol. The van der Waals surface area contributed by atoms with E-state index >= 15 is 0 Å². The Bertz CT molecular complexity index is 739. The van der Waals surface area contributed by atoms with Gasteiger partial charge in [0.05, 0.1) is 11.6 Å². The molecule has 126 valence electrons. The van der Waals surface area contributed by atoms with Crippen LogP contribution >= 0.6 is 0 Å². The first-order chi connectivity index (χ1) is 11.7. The van der Waals surface area contributed by atoms with E-state index < -0.39 is 5.82 Å². The Labute approximate surface area is 140 Å². The third kappa shape index (κ3) is 3.61. The summed E-state index contributed by atoms with van der Waals surface area (Å²) in [7, 11) is 1.62. The molecule has 0 amide bonds.